The monoisotopic (exact) mass is 622 g/mol. The van der Waals surface area contributed by atoms with Gasteiger partial charge < -0.3 is 19.9 Å². The van der Waals surface area contributed by atoms with Gasteiger partial charge in [-0.05, 0) is 31.2 Å². The molecule has 1 aliphatic rings. The van der Waals surface area contributed by atoms with Crippen molar-refractivity contribution in [3.63, 3.8) is 0 Å². The largest absolute Gasteiger partial charge is 0.383 e. The van der Waals surface area contributed by atoms with Gasteiger partial charge in [0.05, 0.1) is 24.0 Å². The molecule has 13 nitrogen and oxygen atoms in total. The van der Waals surface area contributed by atoms with Crippen molar-refractivity contribution in [1.29, 1.82) is 0 Å². The molecule has 0 saturated carbocycles. The number of hydrogen-bond donors (Lipinski definition) is 3. The van der Waals surface area contributed by atoms with Gasteiger partial charge in [0, 0.05) is 63.4 Å². The number of anilines is 1. The molecule has 1 aromatic carbocycles. The van der Waals surface area contributed by atoms with Gasteiger partial charge in [-0.2, -0.15) is 14.6 Å². The lowest BCUT2D eigenvalue weighted by Crippen LogP contribution is -2.42. The topological polar surface area (TPSA) is 145 Å². The predicted octanol–water partition coefficient (Wildman–Crippen LogP) is 2.70. The molecule has 3 N–H and O–H groups in total. The number of halogens is 2. The van der Waals surface area contributed by atoms with Crippen molar-refractivity contribution in [3.8, 4) is 16.9 Å². The third kappa shape index (κ3) is 6.60. The molecule has 45 heavy (non-hydrogen) atoms. The van der Waals surface area contributed by atoms with E-state index in [4.69, 9.17) is 14.7 Å². The van der Waals surface area contributed by atoms with Crippen LogP contribution in [-0.2, 0) is 16.6 Å². The SMILES string of the molecule is CNC(=O)c1cc(-c2nn(-c3ccccc3)c(NC(=O)N[C@@H]3CN(CCOC)O[C@H]3c3cnc(F)c(F)c3)c2C)cn(C)c1=O. The number of ether oxygens (including phenoxy) is 1. The summed E-state index contributed by atoms with van der Waals surface area (Å²) in [5, 5.41) is 14.6. The molecule has 0 unspecified atom stereocenters. The summed E-state index contributed by atoms with van der Waals surface area (Å²) in [7, 11) is 4.51. The zero-order chi connectivity index (χ0) is 32.2. The Morgan fingerprint density at radius 3 is 2.62 bits per heavy atom. The number of nitrogens with one attached hydrogen (secondary N) is 3. The number of carbonyl (C=O) groups excluding carboxylic acids is 2. The minimum atomic E-state index is -1.24. The Labute approximate surface area is 256 Å². The molecular weight excluding hydrogens is 590 g/mol. The van der Waals surface area contributed by atoms with Gasteiger partial charge in [0.1, 0.15) is 17.5 Å². The van der Waals surface area contributed by atoms with E-state index in [2.05, 4.69) is 20.9 Å². The van der Waals surface area contributed by atoms with Gasteiger partial charge in [0.25, 0.3) is 11.5 Å². The summed E-state index contributed by atoms with van der Waals surface area (Å²) in [5.74, 6) is -2.59. The van der Waals surface area contributed by atoms with Crippen LogP contribution in [0.1, 0.15) is 27.6 Å². The van der Waals surface area contributed by atoms with E-state index in [1.54, 1.807) is 35.0 Å². The molecule has 2 atom stereocenters. The number of benzene rings is 1. The predicted molar refractivity (Wildman–Crippen MR) is 160 cm³/mol. The third-order valence-corrected chi connectivity index (χ3v) is 7.32. The van der Waals surface area contributed by atoms with Crippen LogP contribution < -0.4 is 21.5 Å². The molecule has 236 valence electrons. The van der Waals surface area contributed by atoms with E-state index in [-0.39, 0.29) is 17.7 Å². The number of hydrogen-bond acceptors (Lipinski definition) is 8. The quantitative estimate of drug-likeness (QED) is 0.242. The van der Waals surface area contributed by atoms with Gasteiger partial charge in [-0.15, -0.1) is 0 Å². The molecule has 0 spiro atoms. The van der Waals surface area contributed by atoms with Gasteiger partial charge in [-0.25, -0.2) is 18.9 Å². The minimum Gasteiger partial charge on any atom is -0.383 e. The van der Waals surface area contributed by atoms with Crippen molar-refractivity contribution in [2.75, 3.05) is 39.2 Å². The molecule has 4 heterocycles. The van der Waals surface area contributed by atoms with Crippen molar-refractivity contribution < 1.29 is 27.9 Å². The first-order chi connectivity index (χ1) is 21.6. The number of amides is 3. The first kappa shape index (κ1) is 31.4. The van der Waals surface area contributed by atoms with Crippen LogP contribution in [0.2, 0.25) is 0 Å². The molecule has 4 aromatic rings. The van der Waals surface area contributed by atoms with E-state index >= 15 is 0 Å². The zero-order valence-electron chi connectivity index (χ0n) is 25.0. The molecule has 15 heteroatoms. The van der Waals surface area contributed by atoms with Crippen LogP contribution >= 0.6 is 0 Å². The minimum absolute atomic E-state index is 0.0598. The Hall–Kier alpha value is -4.99. The third-order valence-electron chi connectivity index (χ3n) is 7.32. The molecule has 1 saturated heterocycles. The number of methoxy groups -OCH3 is 1. The van der Waals surface area contributed by atoms with Crippen LogP contribution in [0.25, 0.3) is 16.9 Å². The number of hydroxylamine groups is 2. The van der Waals surface area contributed by atoms with Crippen molar-refractivity contribution in [1.82, 2.24) is 35.0 Å². The van der Waals surface area contributed by atoms with E-state index in [0.29, 0.717) is 41.5 Å². The summed E-state index contributed by atoms with van der Waals surface area (Å²) in [5.41, 5.74) is 1.82. The number of nitrogens with zero attached hydrogens (tertiary/aromatic N) is 5. The van der Waals surface area contributed by atoms with Crippen LogP contribution in [0.4, 0.5) is 19.4 Å². The lowest BCUT2D eigenvalue weighted by molar-refractivity contribution is -0.154. The molecule has 1 aliphatic heterocycles. The molecule has 3 amide bonds. The Kier molecular flexibility index (Phi) is 9.32. The molecule has 5 rings (SSSR count). The summed E-state index contributed by atoms with van der Waals surface area (Å²) in [6.45, 7) is 2.68. The molecule has 1 fully saturated rings. The second kappa shape index (κ2) is 13.3. The summed E-state index contributed by atoms with van der Waals surface area (Å²) in [6.07, 6.45) is 1.87. The first-order valence-corrected chi connectivity index (χ1v) is 14.0. The maximum Gasteiger partial charge on any atom is 0.320 e. The highest BCUT2D eigenvalue weighted by molar-refractivity contribution is 5.95. The Balaban J connectivity index is 1.48. The van der Waals surface area contributed by atoms with Crippen LogP contribution in [0.5, 0.6) is 0 Å². The van der Waals surface area contributed by atoms with Crippen LogP contribution in [0.3, 0.4) is 0 Å². The fourth-order valence-electron chi connectivity index (χ4n) is 5.06. The zero-order valence-corrected chi connectivity index (χ0v) is 25.0. The first-order valence-electron chi connectivity index (χ1n) is 14.0. The smallest absolute Gasteiger partial charge is 0.320 e. The van der Waals surface area contributed by atoms with E-state index in [1.165, 1.54) is 31.8 Å². The molecule has 0 bridgehead atoms. The second-order valence-corrected chi connectivity index (χ2v) is 10.4. The molecule has 0 radical (unpaired) electrons. The highest BCUT2D eigenvalue weighted by atomic mass is 19.2. The average molecular weight is 623 g/mol. The van der Waals surface area contributed by atoms with Gasteiger partial charge in [0.2, 0.25) is 5.95 Å². The number of aromatic nitrogens is 4. The summed E-state index contributed by atoms with van der Waals surface area (Å²) in [6, 6.07) is 10.2. The number of rotatable bonds is 9. The van der Waals surface area contributed by atoms with Gasteiger partial charge in [0.15, 0.2) is 5.82 Å². The lowest BCUT2D eigenvalue weighted by atomic mass is 10.0. The molecular formula is C30H32F2N8O5. The van der Waals surface area contributed by atoms with E-state index in [9.17, 15) is 23.2 Å². The standard InChI is InChI=1S/C30H32F2N8O5/c1-17-24(19-12-21(28(41)33-2)29(42)38(3)15-19)37-40(20-8-6-5-7-9-20)27(17)36-30(43)35-23-16-39(10-11-44-4)45-25(23)18-13-22(31)26(32)34-14-18/h5-9,12-15,23,25H,10-11,16H2,1-4H3,(H,33,41)(H2,35,36,43)/t23-,25+/m1/s1. The van der Waals surface area contributed by atoms with E-state index in [0.717, 1.165) is 12.3 Å². The fraction of sp³-hybridized carbons (Fsp3) is 0.300. The van der Waals surface area contributed by atoms with Gasteiger partial charge in [-0.3, -0.25) is 19.7 Å². The number of carbonyl (C=O) groups is 2. The maximum absolute atomic E-state index is 14.1. The van der Waals surface area contributed by atoms with Crippen LogP contribution in [-0.4, -0.2) is 76.2 Å². The fourth-order valence-corrected chi connectivity index (χ4v) is 5.06. The van der Waals surface area contributed by atoms with Crippen molar-refractivity contribution >= 4 is 17.8 Å². The lowest BCUT2D eigenvalue weighted by Gasteiger charge is -2.19. The Bertz CT molecular complexity index is 1780. The number of para-hydroxylation sites is 1. The molecule has 3 aromatic heterocycles. The van der Waals surface area contributed by atoms with Gasteiger partial charge in [-0.1, -0.05) is 18.2 Å². The number of aryl methyl sites for hydroxylation is 1. The second-order valence-electron chi connectivity index (χ2n) is 10.4. The summed E-state index contributed by atoms with van der Waals surface area (Å²) < 4.78 is 35.6. The van der Waals surface area contributed by atoms with Gasteiger partial charge >= 0.3 is 6.03 Å². The van der Waals surface area contributed by atoms with Crippen molar-refractivity contribution in [2.45, 2.75) is 19.1 Å². The Morgan fingerprint density at radius 2 is 1.93 bits per heavy atom. The van der Waals surface area contributed by atoms with Crippen LogP contribution in [0, 0.1) is 18.7 Å². The van der Waals surface area contributed by atoms with Crippen molar-refractivity contribution in [3.05, 3.63) is 93.7 Å². The number of pyridine rings is 2. The maximum atomic E-state index is 14.1. The van der Waals surface area contributed by atoms with E-state index in [1.807, 2.05) is 18.2 Å². The highest BCUT2D eigenvalue weighted by Gasteiger charge is 2.37. The van der Waals surface area contributed by atoms with Crippen molar-refractivity contribution in [2.24, 2.45) is 7.05 Å². The van der Waals surface area contributed by atoms with Crippen LogP contribution in [0.15, 0.2) is 59.7 Å². The Morgan fingerprint density at radius 1 is 1.18 bits per heavy atom. The number of urea groups is 1. The van der Waals surface area contributed by atoms with E-state index < -0.39 is 41.4 Å². The summed E-state index contributed by atoms with van der Waals surface area (Å²) >= 11 is 0. The normalized spacial score (nSPS) is 16.5. The highest BCUT2D eigenvalue weighted by Crippen LogP contribution is 2.32. The molecule has 0 aliphatic carbocycles. The summed E-state index contributed by atoms with van der Waals surface area (Å²) in [4.78, 5) is 48.0. The average Bonchev–Trinajstić information content (AvgIpc) is 3.58.